The summed E-state index contributed by atoms with van der Waals surface area (Å²) >= 11 is 0. The van der Waals surface area contributed by atoms with Crippen LogP contribution in [0.5, 0.6) is 5.75 Å². The number of nitrogens with two attached hydrogens (primary N) is 1. The first-order chi connectivity index (χ1) is 14.0. The molecule has 4 N–H and O–H groups in total. The van der Waals surface area contributed by atoms with Gasteiger partial charge in [-0.15, -0.1) is 0 Å². The van der Waals surface area contributed by atoms with Crippen LogP contribution in [0.2, 0.25) is 0 Å². The molecule has 0 aliphatic heterocycles. The number of hydrogen-bond donors (Lipinski definition) is 3. The number of anilines is 2. The molecule has 160 valence electrons. The zero-order valence-corrected chi connectivity index (χ0v) is 18.0. The van der Waals surface area contributed by atoms with Gasteiger partial charge in [-0.3, -0.25) is 0 Å². The highest BCUT2D eigenvalue weighted by Crippen LogP contribution is 2.28. The van der Waals surface area contributed by atoms with Crippen LogP contribution in [-0.4, -0.2) is 41.9 Å². The molecular formula is C22H34N4O3. The molecule has 2 aromatic rings. The molecule has 0 aliphatic rings. The minimum atomic E-state index is -0.0184. The Balaban J connectivity index is 2.37. The molecule has 2 rings (SSSR count). The van der Waals surface area contributed by atoms with Gasteiger partial charge in [-0.1, -0.05) is 25.8 Å². The predicted octanol–water partition coefficient (Wildman–Crippen LogP) is 3.47. The highest BCUT2D eigenvalue weighted by atomic mass is 16.5. The van der Waals surface area contributed by atoms with Crippen molar-refractivity contribution in [3.8, 4) is 5.75 Å². The van der Waals surface area contributed by atoms with Gasteiger partial charge in [-0.05, 0) is 43.0 Å². The average molecular weight is 403 g/mol. The van der Waals surface area contributed by atoms with Crippen molar-refractivity contribution in [1.82, 2.24) is 9.97 Å². The predicted molar refractivity (Wildman–Crippen MR) is 116 cm³/mol. The number of ether oxygens (including phenoxy) is 2. The Morgan fingerprint density at radius 1 is 1.21 bits per heavy atom. The number of benzene rings is 1. The van der Waals surface area contributed by atoms with Gasteiger partial charge >= 0.3 is 0 Å². The number of nitrogens with zero attached hydrogens (tertiary/aromatic N) is 2. The van der Waals surface area contributed by atoms with E-state index in [0.717, 1.165) is 59.6 Å². The number of hydrogen-bond acceptors (Lipinski definition) is 7. The van der Waals surface area contributed by atoms with Gasteiger partial charge in [0.25, 0.3) is 0 Å². The Morgan fingerprint density at radius 2 is 2.00 bits per heavy atom. The lowest BCUT2D eigenvalue weighted by molar-refractivity contribution is 0.188. The number of rotatable bonds is 12. The third kappa shape index (κ3) is 6.58. The second-order valence-corrected chi connectivity index (χ2v) is 7.24. The molecular weight excluding hydrogens is 368 g/mol. The van der Waals surface area contributed by atoms with Gasteiger partial charge in [0, 0.05) is 37.4 Å². The molecule has 1 heterocycles. The van der Waals surface area contributed by atoms with Crippen LogP contribution in [0.3, 0.4) is 0 Å². The number of nitrogen functional groups attached to an aromatic ring is 1. The van der Waals surface area contributed by atoms with Crippen molar-refractivity contribution in [3.63, 3.8) is 0 Å². The van der Waals surface area contributed by atoms with Crippen molar-refractivity contribution in [3.05, 3.63) is 40.6 Å². The van der Waals surface area contributed by atoms with Crippen LogP contribution in [0, 0.1) is 6.92 Å². The summed E-state index contributed by atoms with van der Waals surface area (Å²) in [5.74, 6) is 1.78. The minimum Gasteiger partial charge on any atom is -0.496 e. The molecule has 1 unspecified atom stereocenters. The molecule has 0 saturated heterocycles. The summed E-state index contributed by atoms with van der Waals surface area (Å²) < 4.78 is 10.8. The van der Waals surface area contributed by atoms with E-state index in [2.05, 4.69) is 22.2 Å². The summed E-state index contributed by atoms with van der Waals surface area (Å²) in [5.41, 5.74) is 9.57. The lowest BCUT2D eigenvalue weighted by Crippen LogP contribution is -2.24. The van der Waals surface area contributed by atoms with Gasteiger partial charge in [0.1, 0.15) is 11.6 Å². The van der Waals surface area contributed by atoms with Gasteiger partial charge in [-0.2, -0.15) is 4.98 Å². The van der Waals surface area contributed by atoms with E-state index in [4.69, 9.17) is 15.2 Å². The van der Waals surface area contributed by atoms with E-state index < -0.39 is 0 Å². The first-order valence-corrected chi connectivity index (χ1v) is 10.2. The number of methoxy groups -OCH3 is 2. The number of aliphatic hydroxyl groups is 1. The van der Waals surface area contributed by atoms with E-state index in [0.29, 0.717) is 13.0 Å². The van der Waals surface area contributed by atoms with E-state index in [-0.39, 0.29) is 18.6 Å². The summed E-state index contributed by atoms with van der Waals surface area (Å²) in [5, 5.41) is 13.1. The van der Waals surface area contributed by atoms with Crippen LogP contribution in [-0.2, 0) is 17.8 Å². The van der Waals surface area contributed by atoms with Crippen LogP contribution in [0.1, 0.15) is 55.0 Å². The Kier molecular flexibility index (Phi) is 9.15. The quantitative estimate of drug-likeness (QED) is 0.499. The second kappa shape index (κ2) is 11.6. The molecule has 7 heteroatoms. The molecule has 0 saturated carbocycles. The first kappa shape index (κ1) is 22.9. The van der Waals surface area contributed by atoms with Crippen LogP contribution in [0.15, 0.2) is 18.2 Å². The molecule has 0 spiro atoms. The highest BCUT2D eigenvalue weighted by Gasteiger charge is 2.17. The molecule has 0 amide bonds. The summed E-state index contributed by atoms with van der Waals surface area (Å²) in [7, 11) is 3.37. The van der Waals surface area contributed by atoms with Crippen molar-refractivity contribution in [2.75, 3.05) is 31.9 Å². The number of aliphatic hydroxyl groups excluding tert-OH is 1. The Morgan fingerprint density at radius 3 is 2.66 bits per heavy atom. The molecule has 0 fully saturated rings. The maximum atomic E-state index is 9.51. The molecule has 29 heavy (non-hydrogen) atoms. The number of aryl methyl sites for hydroxylation is 1. The second-order valence-electron chi connectivity index (χ2n) is 7.24. The normalized spacial score (nSPS) is 12.0. The van der Waals surface area contributed by atoms with Crippen molar-refractivity contribution in [2.24, 2.45) is 0 Å². The fourth-order valence-electron chi connectivity index (χ4n) is 3.40. The number of nitrogens with one attached hydrogen (secondary N) is 1. The summed E-state index contributed by atoms with van der Waals surface area (Å²) in [6.07, 6.45) is 4.76. The maximum Gasteiger partial charge on any atom is 0.222 e. The molecule has 0 aliphatic carbocycles. The van der Waals surface area contributed by atoms with Crippen LogP contribution < -0.4 is 15.8 Å². The van der Waals surface area contributed by atoms with E-state index in [1.54, 1.807) is 14.2 Å². The van der Waals surface area contributed by atoms with Crippen molar-refractivity contribution in [1.29, 1.82) is 0 Å². The Labute approximate surface area is 173 Å². The van der Waals surface area contributed by atoms with Gasteiger partial charge in [-0.25, -0.2) is 4.98 Å². The molecule has 1 atom stereocenters. The van der Waals surface area contributed by atoms with E-state index >= 15 is 0 Å². The SMILES string of the molecule is CCCCC(CCOC)Nc1nc(N)nc(C)c1Cc1cc(CO)ccc1OC. The molecule has 1 aromatic carbocycles. The zero-order chi connectivity index (χ0) is 21.2. The lowest BCUT2D eigenvalue weighted by Gasteiger charge is -2.22. The molecule has 0 radical (unpaired) electrons. The first-order valence-electron chi connectivity index (χ1n) is 10.2. The summed E-state index contributed by atoms with van der Waals surface area (Å²) in [6.45, 7) is 4.79. The zero-order valence-electron chi connectivity index (χ0n) is 18.0. The van der Waals surface area contributed by atoms with Crippen molar-refractivity contribution < 1.29 is 14.6 Å². The van der Waals surface area contributed by atoms with Crippen LogP contribution >= 0.6 is 0 Å². The van der Waals surface area contributed by atoms with E-state index in [1.165, 1.54) is 0 Å². The van der Waals surface area contributed by atoms with E-state index in [9.17, 15) is 5.11 Å². The third-order valence-electron chi connectivity index (χ3n) is 5.04. The smallest absolute Gasteiger partial charge is 0.222 e. The minimum absolute atomic E-state index is 0.0184. The molecule has 7 nitrogen and oxygen atoms in total. The van der Waals surface area contributed by atoms with Crippen molar-refractivity contribution in [2.45, 2.75) is 58.6 Å². The standard InChI is InChI=1S/C22H34N4O3/c1-5-6-7-18(10-11-28-3)25-21-19(15(2)24-22(23)26-21)13-17-12-16(14-27)8-9-20(17)29-4/h8-9,12,18,27H,5-7,10-11,13-14H2,1-4H3,(H3,23,24,25,26). The van der Waals surface area contributed by atoms with Crippen LogP contribution in [0.25, 0.3) is 0 Å². The monoisotopic (exact) mass is 402 g/mol. The van der Waals surface area contributed by atoms with Crippen LogP contribution in [0.4, 0.5) is 11.8 Å². The maximum absolute atomic E-state index is 9.51. The molecule has 1 aromatic heterocycles. The van der Waals surface area contributed by atoms with Gasteiger partial charge in [0.15, 0.2) is 0 Å². The third-order valence-corrected chi connectivity index (χ3v) is 5.04. The number of unbranched alkanes of at least 4 members (excludes halogenated alkanes) is 1. The van der Waals surface area contributed by atoms with Gasteiger partial charge < -0.3 is 25.6 Å². The number of aromatic nitrogens is 2. The highest BCUT2D eigenvalue weighted by molar-refractivity contribution is 5.53. The van der Waals surface area contributed by atoms with E-state index in [1.807, 2.05) is 25.1 Å². The summed E-state index contributed by atoms with van der Waals surface area (Å²) in [6, 6.07) is 5.94. The lowest BCUT2D eigenvalue weighted by atomic mass is 10.00. The van der Waals surface area contributed by atoms with Gasteiger partial charge in [0.05, 0.1) is 13.7 Å². The largest absolute Gasteiger partial charge is 0.496 e. The average Bonchev–Trinajstić information content (AvgIpc) is 2.72. The molecule has 0 bridgehead atoms. The van der Waals surface area contributed by atoms with Gasteiger partial charge in [0.2, 0.25) is 5.95 Å². The Hall–Kier alpha value is -2.38. The fourth-order valence-corrected chi connectivity index (χ4v) is 3.40. The fraction of sp³-hybridized carbons (Fsp3) is 0.545. The van der Waals surface area contributed by atoms with Crippen molar-refractivity contribution >= 4 is 11.8 Å². The topological polar surface area (TPSA) is 103 Å². The summed E-state index contributed by atoms with van der Waals surface area (Å²) in [4.78, 5) is 8.88. The Bertz CT molecular complexity index is 775.